The van der Waals surface area contributed by atoms with Crippen molar-refractivity contribution in [3.05, 3.63) is 34.1 Å². The van der Waals surface area contributed by atoms with E-state index in [4.69, 9.17) is 21.1 Å². The molecular formula is C23H31ClFN3O4. The van der Waals surface area contributed by atoms with E-state index in [1.54, 1.807) is 6.07 Å². The van der Waals surface area contributed by atoms with E-state index in [-0.39, 0.29) is 30.4 Å². The average Bonchev–Trinajstić information content (AvgIpc) is 3.64. The summed E-state index contributed by atoms with van der Waals surface area (Å²) in [7, 11) is 0. The number of rotatable bonds is 6. The highest BCUT2D eigenvalue weighted by Gasteiger charge is 2.36. The van der Waals surface area contributed by atoms with Crippen molar-refractivity contribution in [2.45, 2.75) is 51.3 Å². The molecule has 176 valence electrons. The molecule has 2 heterocycles. The third-order valence-electron chi connectivity index (χ3n) is 6.38. The number of carbonyl (C=O) groups excluding carboxylic acids is 2. The molecule has 1 aliphatic carbocycles. The summed E-state index contributed by atoms with van der Waals surface area (Å²) in [6.45, 7) is 5.10. The number of hydrogen-bond acceptors (Lipinski definition) is 4. The Labute approximate surface area is 193 Å². The van der Waals surface area contributed by atoms with E-state index in [0.29, 0.717) is 50.0 Å². The molecule has 1 saturated carbocycles. The second-order valence-corrected chi connectivity index (χ2v) is 9.37. The first-order valence-electron chi connectivity index (χ1n) is 11.4. The summed E-state index contributed by atoms with van der Waals surface area (Å²) in [5.74, 6) is -0.238. The van der Waals surface area contributed by atoms with Crippen LogP contribution in [0.2, 0.25) is 5.02 Å². The second-order valence-electron chi connectivity index (χ2n) is 8.96. The average molecular weight is 468 g/mol. The molecule has 3 fully saturated rings. The van der Waals surface area contributed by atoms with Crippen LogP contribution in [0, 0.1) is 18.7 Å². The highest BCUT2D eigenvalue weighted by Crippen LogP contribution is 2.30. The lowest BCUT2D eigenvalue weighted by molar-refractivity contribution is -0.159. The van der Waals surface area contributed by atoms with E-state index in [2.05, 4.69) is 5.32 Å². The van der Waals surface area contributed by atoms with Crippen molar-refractivity contribution >= 4 is 23.5 Å². The van der Waals surface area contributed by atoms with Gasteiger partial charge in [0.05, 0.1) is 19.8 Å². The van der Waals surface area contributed by atoms with Crippen LogP contribution < -0.4 is 5.32 Å². The number of benzene rings is 1. The number of likely N-dealkylation sites (tertiary alicyclic amines) is 1. The van der Waals surface area contributed by atoms with E-state index >= 15 is 0 Å². The quantitative estimate of drug-likeness (QED) is 0.697. The van der Waals surface area contributed by atoms with Crippen LogP contribution in [-0.4, -0.2) is 73.3 Å². The number of ether oxygens (including phenoxy) is 2. The Hall–Kier alpha value is -1.90. The van der Waals surface area contributed by atoms with Gasteiger partial charge in [0.25, 0.3) is 5.91 Å². The summed E-state index contributed by atoms with van der Waals surface area (Å²) in [6, 6.07) is 2.98. The largest absolute Gasteiger partial charge is 0.376 e. The van der Waals surface area contributed by atoms with Crippen molar-refractivity contribution in [2.75, 3.05) is 39.5 Å². The van der Waals surface area contributed by atoms with Gasteiger partial charge >= 0.3 is 6.03 Å². The molecule has 0 aromatic heterocycles. The van der Waals surface area contributed by atoms with E-state index < -0.39 is 11.9 Å². The van der Waals surface area contributed by atoms with Crippen molar-refractivity contribution in [1.29, 1.82) is 0 Å². The monoisotopic (exact) mass is 467 g/mol. The molecule has 32 heavy (non-hydrogen) atoms. The van der Waals surface area contributed by atoms with Crippen molar-refractivity contribution in [3.8, 4) is 0 Å². The van der Waals surface area contributed by atoms with E-state index in [9.17, 15) is 14.0 Å². The lowest BCUT2D eigenvalue weighted by atomic mass is 9.97. The number of nitrogens with one attached hydrogen (secondary N) is 1. The Kier molecular flexibility index (Phi) is 7.53. The molecule has 2 aliphatic heterocycles. The zero-order chi connectivity index (χ0) is 22.7. The lowest BCUT2D eigenvalue weighted by Gasteiger charge is -2.37. The Morgan fingerprint density at radius 3 is 2.81 bits per heavy atom. The molecule has 3 amide bonds. The van der Waals surface area contributed by atoms with Crippen LogP contribution in [0.15, 0.2) is 12.1 Å². The van der Waals surface area contributed by atoms with Gasteiger partial charge in [-0.15, -0.1) is 0 Å². The molecule has 0 spiro atoms. The summed E-state index contributed by atoms with van der Waals surface area (Å²) in [6.07, 6.45) is 3.30. The van der Waals surface area contributed by atoms with Crippen LogP contribution in [0.25, 0.3) is 0 Å². The van der Waals surface area contributed by atoms with Gasteiger partial charge in [-0.25, -0.2) is 9.18 Å². The SMILES string of the molecule is Cc1cc(CNC(=O)N(C[C@@H]2CCCN(C(=O)[C@H]3COCCO3)C2)C2CC2)c(F)cc1Cl. The molecular weight excluding hydrogens is 437 g/mol. The molecule has 2 atom stereocenters. The van der Waals surface area contributed by atoms with E-state index in [1.165, 1.54) is 6.07 Å². The molecule has 3 aliphatic rings. The summed E-state index contributed by atoms with van der Waals surface area (Å²) in [5, 5.41) is 3.24. The third-order valence-corrected chi connectivity index (χ3v) is 6.79. The van der Waals surface area contributed by atoms with Gasteiger partial charge < -0.3 is 24.6 Å². The summed E-state index contributed by atoms with van der Waals surface area (Å²) in [5.41, 5.74) is 1.19. The zero-order valence-electron chi connectivity index (χ0n) is 18.4. The number of carbonyl (C=O) groups is 2. The van der Waals surface area contributed by atoms with Crippen LogP contribution in [0.4, 0.5) is 9.18 Å². The number of halogens is 2. The zero-order valence-corrected chi connectivity index (χ0v) is 19.2. The molecule has 7 nitrogen and oxygen atoms in total. The number of amides is 3. The van der Waals surface area contributed by atoms with Gasteiger partial charge in [0, 0.05) is 42.8 Å². The minimum Gasteiger partial charge on any atom is -0.376 e. The molecule has 0 bridgehead atoms. The maximum atomic E-state index is 14.2. The van der Waals surface area contributed by atoms with Crippen LogP contribution in [0.5, 0.6) is 0 Å². The van der Waals surface area contributed by atoms with Gasteiger partial charge in [-0.05, 0) is 56.2 Å². The van der Waals surface area contributed by atoms with Gasteiger partial charge in [-0.2, -0.15) is 0 Å². The number of hydrogen-bond donors (Lipinski definition) is 1. The second kappa shape index (κ2) is 10.4. The van der Waals surface area contributed by atoms with Gasteiger partial charge in [-0.1, -0.05) is 11.6 Å². The van der Waals surface area contributed by atoms with Crippen LogP contribution >= 0.6 is 11.6 Å². The molecule has 1 aromatic rings. The number of piperidine rings is 1. The van der Waals surface area contributed by atoms with Crippen molar-refractivity contribution in [3.63, 3.8) is 0 Å². The van der Waals surface area contributed by atoms with Gasteiger partial charge in [0.2, 0.25) is 0 Å². The van der Waals surface area contributed by atoms with Crippen molar-refractivity contribution in [1.82, 2.24) is 15.1 Å². The number of nitrogens with zero attached hydrogens (tertiary/aromatic N) is 2. The minimum atomic E-state index is -0.525. The molecule has 2 saturated heterocycles. The molecule has 0 unspecified atom stereocenters. The van der Waals surface area contributed by atoms with Gasteiger partial charge in [0.1, 0.15) is 5.82 Å². The van der Waals surface area contributed by atoms with Crippen molar-refractivity contribution in [2.24, 2.45) is 5.92 Å². The normalized spacial score (nSPS) is 23.7. The topological polar surface area (TPSA) is 71.1 Å². The predicted octanol–water partition coefficient (Wildman–Crippen LogP) is 3.12. The minimum absolute atomic E-state index is 0.0228. The fourth-order valence-electron chi connectivity index (χ4n) is 4.44. The molecule has 4 rings (SSSR count). The number of aryl methyl sites for hydroxylation is 1. The van der Waals surface area contributed by atoms with Gasteiger partial charge in [0.15, 0.2) is 6.10 Å². The summed E-state index contributed by atoms with van der Waals surface area (Å²) >= 11 is 5.96. The molecule has 1 N–H and O–H groups in total. The third kappa shape index (κ3) is 5.71. The standard InChI is InChI=1S/C23H31ClFN3O4/c1-15-9-17(20(25)10-19(15)24)11-26-23(30)28(18-4-5-18)13-16-3-2-6-27(12-16)22(29)21-14-31-7-8-32-21/h9-10,16,18,21H,2-8,11-14H2,1H3,(H,26,30)/t16-,21-/m1/s1. The highest BCUT2D eigenvalue weighted by atomic mass is 35.5. The first-order valence-corrected chi connectivity index (χ1v) is 11.8. The van der Waals surface area contributed by atoms with Gasteiger partial charge in [-0.3, -0.25) is 4.79 Å². The fraction of sp³-hybridized carbons (Fsp3) is 0.652. The van der Waals surface area contributed by atoms with Crippen molar-refractivity contribution < 1.29 is 23.5 Å². The van der Waals surface area contributed by atoms with Crippen LogP contribution in [0.1, 0.15) is 36.8 Å². The highest BCUT2D eigenvalue weighted by molar-refractivity contribution is 6.31. The summed E-state index contributed by atoms with van der Waals surface area (Å²) in [4.78, 5) is 29.4. The first-order chi connectivity index (χ1) is 15.4. The Morgan fingerprint density at radius 2 is 2.09 bits per heavy atom. The number of urea groups is 1. The fourth-order valence-corrected chi connectivity index (χ4v) is 4.59. The Balaban J connectivity index is 1.33. The van der Waals surface area contributed by atoms with E-state index in [1.807, 2.05) is 16.7 Å². The predicted molar refractivity (Wildman–Crippen MR) is 118 cm³/mol. The van der Waals surface area contributed by atoms with Crippen LogP contribution in [-0.2, 0) is 20.8 Å². The smallest absolute Gasteiger partial charge is 0.317 e. The molecule has 0 radical (unpaired) electrons. The Morgan fingerprint density at radius 1 is 1.28 bits per heavy atom. The molecule has 1 aromatic carbocycles. The maximum Gasteiger partial charge on any atom is 0.317 e. The Bertz CT molecular complexity index is 845. The van der Waals surface area contributed by atoms with Crippen LogP contribution in [0.3, 0.4) is 0 Å². The first kappa shape index (κ1) is 23.3. The summed E-state index contributed by atoms with van der Waals surface area (Å²) < 4.78 is 25.1. The maximum absolute atomic E-state index is 14.2. The van der Waals surface area contributed by atoms with E-state index in [0.717, 1.165) is 31.2 Å². The lowest BCUT2D eigenvalue weighted by Crippen LogP contribution is -2.51. The molecule has 9 heteroatoms.